The minimum atomic E-state index is -0.157. The van der Waals surface area contributed by atoms with Crippen molar-refractivity contribution in [1.29, 1.82) is 0 Å². The van der Waals surface area contributed by atoms with Crippen molar-refractivity contribution in [2.45, 2.75) is 77.7 Å². The normalized spacial score (nSPS) is 54.6. The van der Waals surface area contributed by atoms with Gasteiger partial charge in [-0.2, -0.15) is 0 Å². The third kappa shape index (κ3) is 1.71. The zero-order valence-electron chi connectivity index (χ0n) is 13.2. The summed E-state index contributed by atoms with van der Waals surface area (Å²) >= 11 is 0. The van der Waals surface area contributed by atoms with Crippen LogP contribution in [0.25, 0.3) is 0 Å². The van der Waals surface area contributed by atoms with Gasteiger partial charge in [0, 0.05) is 0 Å². The SMILES string of the molecule is C[C@]12CCC[C@@H]1[C@H]1CCC3=C[C@H](O)CC[C@]3(C)[C@@H]1CC2. The van der Waals surface area contributed by atoms with E-state index in [9.17, 15) is 5.11 Å². The highest BCUT2D eigenvalue weighted by atomic mass is 16.3. The van der Waals surface area contributed by atoms with Gasteiger partial charge in [0.15, 0.2) is 0 Å². The van der Waals surface area contributed by atoms with E-state index >= 15 is 0 Å². The quantitative estimate of drug-likeness (QED) is 0.635. The topological polar surface area (TPSA) is 20.2 Å². The molecule has 0 amide bonds. The van der Waals surface area contributed by atoms with E-state index in [-0.39, 0.29) is 6.10 Å². The van der Waals surface area contributed by atoms with Crippen LogP contribution in [0.4, 0.5) is 0 Å². The Morgan fingerprint density at radius 1 is 1.00 bits per heavy atom. The molecule has 3 saturated carbocycles. The summed E-state index contributed by atoms with van der Waals surface area (Å²) < 4.78 is 0. The van der Waals surface area contributed by atoms with E-state index in [0.29, 0.717) is 10.8 Å². The Kier molecular flexibility index (Phi) is 2.91. The lowest BCUT2D eigenvalue weighted by Crippen LogP contribution is -2.49. The average molecular weight is 274 g/mol. The van der Waals surface area contributed by atoms with Gasteiger partial charge in [0.1, 0.15) is 0 Å². The van der Waals surface area contributed by atoms with Crippen molar-refractivity contribution in [3.05, 3.63) is 11.6 Å². The summed E-state index contributed by atoms with van der Waals surface area (Å²) in [6.07, 6.45) is 14.3. The van der Waals surface area contributed by atoms with E-state index in [1.807, 2.05) is 0 Å². The number of aliphatic hydroxyl groups is 1. The molecular weight excluding hydrogens is 244 g/mol. The summed E-state index contributed by atoms with van der Waals surface area (Å²) in [6, 6.07) is 0. The van der Waals surface area contributed by atoms with Crippen molar-refractivity contribution in [3.63, 3.8) is 0 Å². The zero-order valence-corrected chi connectivity index (χ0v) is 13.2. The molecule has 4 rings (SSSR count). The van der Waals surface area contributed by atoms with Crippen molar-refractivity contribution in [3.8, 4) is 0 Å². The van der Waals surface area contributed by atoms with Gasteiger partial charge in [-0.1, -0.05) is 31.9 Å². The molecule has 6 atom stereocenters. The molecule has 20 heavy (non-hydrogen) atoms. The highest BCUT2D eigenvalue weighted by Gasteiger charge is 2.55. The average Bonchev–Trinajstić information content (AvgIpc) is 2.81. The van der Waals surface area contributed by atoms with Crippen LogP contribution < -0.4 is 0 Å². The Bertz CT molecular complexity index is 439. The molecule has 0 heterocycles. The Labute approximate surface area is 123 Å². The van der Waals surface area contributed by atoms with Gasteiger partial charge in [-0.25, -0.2) is 0 Å². The molecule has 0 bridgehead atoms. The van der Waals surface area contributed by atoms with Crippen LogP contribution in [-0.4, -0.2) is 11.2 Å². The van der Waals surface area contributed by atoms with Crippen molar-refractivity contribution in [1.82, 2.24) is 0 Å². The molecule has 1 N–H and O–H groups in total. The van der Waals surface area contributed by atoms with Crippen molar-refractivity contribution < 1.29 is 5.11 Å². The van der Waals surface area contributed by atoms with E-state index in [4.69, 9.17) is 0 Å². The minimum absolute atomic E-state index is 0.157. The van der Waals surface area contributed by atoms with Gasteiger partial charge >= 0.3 is 0 Å². The van der Waals surface area contributed by atoms with Gasteiger partial charge in [0.2, 0.25) is 0 Å². The van der Waals surface area contributed by atoms with Crippen LogP contribution in [0.2, 0.25) is 0 Å². The molecule has 0 saturated heterocycles. The molecule has 0 spiro atoms. The zero-order chi connectivity index (χ0) is 14.0. The smallest absolute Gasteiger partial charge is 0.0724 e. The first-order valence-corrected chi connectivity index (χ1v) is 8.92. The van der Waals surface area contributed by atoms with E-state index in [1.54, 1.807) is 5.57 Å². The first-order valence-electron chi connectivity index (χ1n) is 8.92. The second-order valence-electron chi connectivity index (χ2n) is 8.72. The molecule has 0 aliphatic heterocycles. The Hall–Kier alpha value is -0.300. The fourth-order valence-corrected chi connectivity index (χ4v) is 6.70. The van der Waals surface area contributed by atoms with E-state index < -0.39 is 0 Å². The van der Waals surface area contributed by atoms with Crippen LogP contribution in [-0.2, 0) is 0 Å². The second kappa shape index (κ2) is 4.35. The number of allylic oxidation sites excluding steroid dienone is 1. The van der Waals surface area contributed by atoms with Crippen molar-refractivity contribution in [2.75, 3.05) is 0 Å². The van der Waals surface area contributed by atoms with Gasteiger partial charge < -0.3 is 5.11 Å². The summed E-state index contributed by atoms with van der Waals surface area (Å²) in [5, 5.41) is 9.97. The third-order valence-electron chi connectivity index (χ3n) is 7.87. The Morgan fingerprint density at radius 3 is 2.70 bits per heavy atom. The van der Waals surface area contributed by atoms with Gasteiger partial charge in [-0.3, -0.25) is 0 Å². The first-order chi connectivity index (χ1) is 9.53. The highest BCUT2D eigenvalue weighted by molar-refractivity contribution is 5.25. The number of hydrogen-bond donors (Lipinski definition) is 1. The fraction of sp³-hybridized carbons (Fsp3) is 0.895. The monoisotopic (exact) mass is 274 g/mol. The molecule has 0 aromatic rings. The lowest BCUT2D eigenvalue weighted by molar-refractivity contribution is -0.0411. The molecule has 4 aliphatic rings. The van der Waals surface area contributed by atoms with Gasteiger partial charge in [0.25, 0.3) is 0 Å². The highest BCUT2D eigenvalue weighted by Crippen LogP contribution is 2.65. The molecule has 0 radical (unpaired) electrons. The summed E-state index contributed by atoms with van der Waals surface area (Å²) in [6.45, 7) is 5.11. The molecule has 112 valence electrons. The van der Waals surface area contributed by atoms with Gasteiger partial charge in [-0.05, 0) is 80.0 Å². The summed E-state index contributed by atoms with van der Waals surface area (Å²) in [5.74, 6) is 2.89. The standard InChI is InChI=1S/C19H30O/c1-18-9-3-4-16(18)15-6-5-13-12-14(20)7-11-19(13,2)17(15)8-10-18/h12,14-17,20H,3-11H2,1-2H3/t14-,15-,16-,17-,18-,19+/m1/s1. The number of aliphatic hydroxyl groups excluding tert-OH is 1. The van der Waals surface area contributed by atoms with Crippen LogP contribution in [0.5, 0.6) is 0 Å². The number of hydrogen-bond acceptors (Lipinski definition) is 1. The first kappa shape index (κ1) is 13.4. The van der Waals surface area contributed by atoms with Crippen LogP contribution in [0.1, 0.15) is 71.6 Å². The lowest BCUT2D eigenvalue weighted by Gasteiger charge is -2.57. The van der Waals surface area contributed by atoms with Crippen LogP contribution in [0.15, 0.2) is 11.6 Å². The molecule has 1 nitrogen and oxygen atoms in total. The molecule has 0 aromatic carbocycles. The predicted molar refractivity (Wildman–Crippen MR) is 82.3 cm³/mol. The van der Waals surface area contributed by atoms with Crippen molar-refractivity contribution >= 4 is 0 Å². The van der Waals surface area contributed by atoms with Gasteiger partial charge in [-0.15, -0.1) is 0 Å². The summed E-state index contributed by atoms with van der Waals surface area (Å²) in [7, 11) is 0. The molecule has 3 fully saturated rings. The maximum atomic E-state index is 9.97. The molecule has 4 aliphatic carbocycles. The summed E-state index contributed by atoms with van der Waals surface area (Å²) in [5.41, 5.74) is 2.71. The molecule has 1 heteroatoms. The fourth-order valence-electron chi connectivity index (χ4n) is 6.70. The molecule has 0 aromatic heterocycles. The maximum Gasteiger partial charge on any atom is 0.0724 e. The molecular formula is C19H30O. The van der Waals surface area contributed by atoms with Crippen molar-refractivity contribution in [2.24, 2.45) is 28.6 Å². The maximum absolute atomic E-state index is 9.97. The predicted octanol–water partition coefficient (Wildman–Crippen LogP) is 4.70. The second-order valence-corrected chi connectivity index (χ2v) is 8.72. The van der Waals surface area contributed by atoms with E-state index in [1.165, 1.54) is 51.4 Å². The van der Waals surface area contributed by atoms with E-state index in [0.717, 1.165) is 24.2 Å². The Morgan fingerprint density at radius 2 is 1.85 bits per heavy atom. The van der Waals surface area contributed by atoms with Gasteiger partial charge in [0.05, 0.1) is 6.10 Å². The number of rotatable bonds is 0. The summed E-state index contributed by atoms with van der Waals surface area (Å²) in [4.78, 5) is 0. The van der Waals surface area contributed by atoms with Crippen LogP contribution in [0.3, 0.4) is 0 Å². The number of fused-ring (bicyclic) bond motifs is 5. The van der Waals surface area contributed by atoms with E-state index in [2.05, 4.69) is 19.9 Å². The largest absolute Gasteiger partial charge is 0.389 e. The van der Waals surface area contributed by atoms with Crippen LogP contribution >= 0.6 is 0 Å². The molecule has 0 unspecified atom stereocenters. The lowest BCUT2D eigenvalue weighted by atomic mass is 9.47. The third-order valence-corrected chi connectivity index (χ3v) is 7.87. The Balaban J connectivity index is 1.68. The minimum Gasteiger partial charge on any atom is -0.389 e. The van der Waals surface area contributed by atoms with Crippen LogP contribution in [0, 0.1) is 28.6 Å².